The lowest BCUT2D eigenvalue weighted by atomic mass is 10.0. The van der Waals surface area contributed by atoms with Gasteiger partial charge in [-0.1, -0.05) is 97.1 Å². The van der Waals surface area contributed by atoms with Crippen molar-refractivity contribution in [3.8, 4) is 45.5 Å². The SMILES string of the molecule is c1ccc2c(c1)c1cnccc1n2-c1cc(-c2ccc(-c3cc(-n4c5ccccc5c5cnccc54)cc(-n4c5ccccc5c5cnccc54)n3)cc2)nc(-n2c3ccccc3c3cnccc32)c1. The van der Waals surface area contributed by atoms with Gasteiger partial charge in [-0.25, -0.2) is 9.97 Å². The number of aromatic nitrogens is 10. The lowest BCUT2D eigenvalue weighted by Crippen LogP contribution is -2.04. The molecule has 0 aliphatic carbocycles. The maximum atomic E-state index is 5.51. The van der Waals surface area contributed by atoms with Crippen LogP contribution in [0.1, 0.15) is 0 Å². The summed E-state index contributed by atoms with van der Waals surface area (Å²) < 4.78 is 9.18. The minimum absolute atomic E-state index is 0.802. The van der Waals surface area contributed by atoms with E-state index in [0.717, 1.165) is 133 Å². The van der Waals surface area contributed by atoms with Crippen molar-refractivity contribution in [3.05, 3.63) is 219 Å². The molecule has 70 heavy (non-hydrogen) atoms. The molecule has 0 aliphatic heterocycles. The molecule has 15 rings (SSSR count). The van der Waals surface area contributed by atoms with Crippen LogP contribution >= 0.6 is 0 Å². The third kappa shape index (κ3) is 5.61. The maximum absolute atomic E-state index is 5.51. The average molecular weight is 897 g/mol. The summed E-state index contributed by atoms with van der Waals surface area (Å²) in [5.74, 6) is 1.60. The van der Waals surface area contributed by atoms with E-state index in [4.69, 9.17) is 9.97 Å². The zero-order valence-corrected chi connectivity index (χ0v) is 37.3. The molecule has 0 radical (unpaired) electrons. The van der Waals surface area contributed by atoms with Crippen LogP contribution < -0.4 is 0 Å². The van der Waals surface area contributed by atoms with Crippen LogP contribution in [0.5, 0.6) is 0 Å². The third-order valence-corrected chi connectivity index (χ3v) is 13.9. The summed E-state index contributed by atoms with van der Waals surface area (Å²) in [5, 5.41) is 8.85. The van der Waals surface area contributed by atoms with Crippen LogP contribution in [0.4, 0.5) is 0 Å². The molecule has 0 aliphatic rings. The fourth-order valence-corrected chi connectivity index (χ4v) is 10.9. The van der Waals surface area contributed by atoms with Crippen LogP contribution in [-0.4, -0.2) is 48.2 Å². The molecule has 0 spiro atoms. The van der Waals surface area contributed by atoms with Crippen molar-refractivity contribution in [3.63, 3.8) is 0 Å². The standard InChI is InChI=1S/C60H36N10/c1-5-13-51-41(9-1)45-33-61-25-21-55(45)67(51)39-29-49(65-59(31-39)69-53-15-7-3-11-43(53)47-35-63-27-23-57(47)69)37-17-19-38(20-18-37)50-30-40(68-52-14-6-2-10-42(52)46-34-62-26-22-56(46)68)32-60(66-50)70-54-16-8-4-12-44(54)48-36-64-28-24-58(48)70/h1-36H. The van der Waals surface area contributed by atoms with E-state index in [1.807, 2.05) is 49.6 Å². The number of rotatable bonds is 6. The van der Waals surface area contributed by atoms with E-state index < -0.39 is 0 Å². The summed E-state index contributed by atoms with van der Waals surface area (Å²) in [6, 6.07) is 59.8. The molecule has 10 aromatic heterocycles. The fraction of sp³-hybridized carbons (Fsp3) is 0. The van der Waals surface area contributed by atoms with Gasteiger partial charge in [-0.2, -0.15) is 0 Å². The first-order chi connectivity index (χ1) is 34.7. The molecule has 10 heteroatoms. The molecule has 0 unspecified atom stereocenters. The quantitative estimate of drug-likeness (QED) is 0.165. The van der Waals surface area contributed by atoms with E-state index >= 15 is 0 Å². The molecule has 0 amide bonds. The van der Waals surface area contributed by atoms with Crippen molar-refractivity contribution in [2.24, 2.45) is 0 Å². The maximum Gasteiger partial charge on any atom is 0.140 e. The Bertz CT molecular complexity index is 3840. The Labute approximate surface area is 398 Å². The Morgan fingerprint density at radius 2 is 0.543 bits per heavy atom. The summed E-state index contributed by atoms with van der Waals surface area (Å²) >= 11 is 0. The zero-order valence-electron chi connectivity index (χ0n) is 37.3. The molecule has 0 bridgehead atoms. The van der Waals surface area contributed by atoms with Gasteiger partial charge in [0.15, 0.2) is 0 Å². The van der Waals surface area contributed by atoms with E-state index in [0.29, 0.717) is 0 Å². The van der Waals surface area contributed by atoms with E-state index in [1.165, 1.54) is 0 Å². The highest BCUT2D eigenvalue weighted by molar-refractivity contribution is 6.12. The Balaban J connectivity index is 0.952. The molecule has 5 aromatic carbocycles. The van der Waals surface area contributed by atoms with Gasteiger partial charge in [-0.15, -0.1) is 0 Å². The summed E-state index contributed by atoms with van der Waals surface area (Å²) in [5.41, 5.74) is 14.1. The minimum Gasteiger partial charge on any atom is -0.309 e. The Morgan fingerprint density at radius 3 is 0.886 bits per heavy atom. The second kappa shape index (κ2) is 14.9. The fourth-order valence-electron chi connectivity index (χ4n) is 10.9. The van der Waals surface area contributed by atoms with Gasteiger partial charge >= 0.3 is 0 Å². The first kappa shape index (κ1) is 38.3. The highest BCUT2D eigenvalue weighted by atomic mass is 15.1. The number of benzene rings is 5. The molecule has 326 valence electrons. The average Bonchev–Trinajstić information content (AvgIpc) is 4.16. The first-order valence-electron chi connectivity index (χ1n) is 23.2. The summed E-state index contributed by atoms with van der Waals surface area (Å²) in [6.07, 6.45) is 15.3. The smallest absolute Gasteiger partial charge is 0.140 e. The van der Waals surface area contributed by atoms with E-state index in [2.05, 4.69) is 208 Å². The number of para-hydroxylation sites is 4. The van der Waals surface area contributed by atoms with Crippen molar-refractivity contribution >= 4 is 87.2 Å². The third-order valence-electron chi connectivity index (χ3n) is 13.9. The van der Waals surface area contributed by atoms with Gasteiger partial charge in [0, 0.05) is 116 Å². The van der Waals surface area contributed by atoms with Crippen LogP contribution in [-0.2, 0) is 0 Å². The molecular weight excluding hydrogens is 861 g/mol. The molecule has 0 saturated heterocycles. The van der Waals surface area contributed by atoms with Crippen LogP contribution in [0, 0.1) is 0 Å². The first-order valence-corrected chi connectivity index (χ1v) is 23.2. The Morgan fingerprint density at radius 1 is 0.257 bits per heavy atom. The van der Waals surface area contributed by atoms with E-state index in [9.17, 15) is 0 Å². The lowest BCUT2D eigenvalue weighted by Gasteiger charge is -2.16. The number of hydrogen-bond donors (Lipinski definition) is 0. The van der Waals surface area contributed by atoms with Gasteiger partial charge in [-0.3, -0.25) is 29.1 Å². The summed E-state index contributed by atoms with van der Waals surface area (Å²) in [7, 11) is 0. The van der Waals surface area contributed by atoms with Gasteiger partial charge in [-0.05, 0) is 60.7 Å². The van der Waals surface area contributed by atoms with Crippen molar-refractivity contribution in [1.29, 1.82) is 0 Å². The van der Waals surface area contributed by atoms with Crippen molar-refractivity contribution in [1.82, 2.24) is 48.2 Å². The van der Waals surface area contributed by atoms with Crippen LogP contribution in [0.2, 0.25) is 0 Å². The largest absolute Gasteiger partial charge is 0.309 e. The molecule has 0 atom stereocenters. The van der Waals surface area contributed by atoms with Crippen LogP contribution in [0.15, 0.2) is 219 Å². The van der Waals surface area contributed by atoms with Crippen molar-refractivity contribution in [2.75, 3.05) is 0 Å². The van der Waals surface area contributed by atoms with Crippen molar-refractivity contribution in [2.45, 2.75) is 0 Å². The number of nitrogens with zero attached hydrogens (tertiary/aromatic N) is 10. The van der Waals surface area contributed by atoms with Gasteiger partial charge in [0.2, 0.25) is 0 Å². The normalized spacial score (nSPS) is 12.0. The molecule has 10 heterocycles. The van der Waals surface area contributed by atoms with Crippen LogP contribution in [0.25, 0.3) is 133 Å². The van der Waals surface area contributed by atoms with E-state index in [1.54, 1.807) is 0 Å². The van der Waals surface area contributed by atoms with Crippen molar-refractivity contribution < 1.29 is 0 Å². The predicted molar refractivity (Wildman–Crippen MR) is 281 cm³/mol. The second-order valence-electron chi connectivity index (χ2n) is 17.7. The molecule has 0 N–H and O–H groups in total. The monoisotopic (exact) mass is 896 g/mol. The minimum atomic E-state index is 0.802. The summed E-state index contributed by atoms with van der Waals surface area (Å²) in [4.78, 5) is 29.2. The highest BCUT2D eigenvalue weighted by Crippen LogP contribution is 2.39. The number of pyridine rings is 6. The number of fused-ring (bicyclic) bond motifs is 12. The lowest BCUT2D eigenvalue weighted by molar-refractivity contribution is 1.06. The molecule has 15 aromatic rings. The molecule has 0 fully saturated rings. The van der Waals surface area contributed by atoms with Gasteiger partial charge in [0.1, 0.15) is 11.6 Å². The molecule has 0 saturated carbocycles. The summed E-state index contributed by atoms with van der Waals surface area (Å²) in [6.45, 7) is 0. The second-order valence-corrected chi connectivity index (χ2v) is 17.7. The highest BCUT2D eigenvalue weighted by Gasteiger charge is 2.21. The van der Waals surface area contributed by atoms with Gasteiger partial charge in [0.05, 0.1) is 66.9 Å². The van der Waals surface area contributed by atoms with Gasteiger partial charge in [0.25, 0.3) is 0 Å². The zero-order chi connectivity index (χ0) is 45.9. The molecule has 10 nitrogen and oxygen atoms in total. The topological polar surface area (TPSA) is 97.1 Å². The number of hydrogen-bond acceptors (Lipinski definition) is 6. The Kier molecular flexibility index (Phi) is 8.13. The van der Waals surface area contributed by atoms with E-state index in [-0.39, 0.29) is 0 Å². The van der Waals surface area contributed by atoms with Gasteiger partial charge < -0.3 is 9.13 Å². The predicted octanol–water partition coefficient (Wildman–Crippen LogP) is 13.8. The molecular formula is C60H36N10. The Hall–Kier alpha value is -9.80. The van der Waals surface area contributed by atoms with Crippen LogP contribution in [0.3, 0.4) is 0 Å².